The fourth-order valence-electron chi connectivity index (χ4n) is 4.47. The molecular weight excluding hydrogens is 369 g/mol. The topological polar surface area (TPSA) is 62.3 Å². The Bertz CT molecular complexity index is 1010. The standard InChI is InChI=1S/C23H22FN3O2/c1-3-15-6-7-18(19(24)9-15)23(29)26-20-10-16-11-21(20)27(13-16)22(28)12-17-5-4-8-25-14(17)2/h1,4-9,16,20-21H,10-13H2,2H3,(H,26,29). The van der Waals surface area contributed by atoms with Crippen molar-refractivity contribution in [2.75, 3.05) is 6.54 Å². The van der Waals surface area contributed by atoms with Gasteiger partial charge in [0.15, 0.2) is 0 Å². The number of terminal acetylenes is 1. The highest BCUT2D eigenvalue weighted by atomic mass is 19.1. The molecule has 29 heavy (non-hydrogen) atoms. The number of carbonyl (C=O) groups excluding carboxylic acids is 2. The molecule has 0 spiro atoms. The van der Waals surface area contributed by atoms with Gasteiger partial charge in [-0.3, -0.25) is 14.6 Å². The molecular formula is C23H22FN3O2. The monoisotopic (exact) mass is 391 g/mol. The third-order valence-electron chi connectivity index (χ3n) is 5.96. The van der Waals surface area contributed by atoms with Crippen molar-refractivity contribution >= 4 is 11.8 Å². The normalized spacial score (nSPS) is 22.4. The van der Waals surface area contributed by atoms with E-state index in [9.17, 15) is 14.0 Å². The van der Waals surface area contributed by atoms with Crippen molar-refractivity contribution in [3.8, 4) is 12.3 Å². The number of rotatable bonds is 4. The van der Waals surface area contributed by atoms with E-state index in [1.54, 1.807) is 12.3 Å². The average molecular weight is 391 g/mol. The first-order chi connectivity index (χ1) is 14.0. The van der Waals surface area contributed by atoms with E-state index in [1.165, 1.54) is 12.1 Å². The van der Waals surface area contributed by atoms with Gasteiger partial charge in [-0.05, 0) is 55.5 Å². The quantitative estimate of drug-likeness (QED) is 0.815. The van der Waals surface area contributed by atoms with Crippen molar-refractivity contribution < 1.29 is 14.0 Å². The molecule has 1 aromatic carbocycles. The van der Waals surface area contributed by atoms with Crippen LogP contribution in [-0.2, 0) is 11.2 Å². The second kappa shape index (κ2) is 7.67. The van der Waals surface area contributed by atoms with Crippen molar-refractivity contribution in [3.05, 3.63) is 64.7 Å². The first-order valence-electron chi connectivity index (χ1n) is 9.73. The molecule has 6 heteroatoms. The minimum Gasteiger partial charge on any atom is -0.347 e. The molecule has 2 fully saturated rings. The Morgan fingerprint density at radius 3 is 2.86 bits per heavy atom. The number of carbonyl (C=O) groups is 2. The van der Waals surface area contributed by atoms with Crippen LogP contribution in [0, 0.1) is 31.0 Å². The van der Waals surface area contributed by atoms with Crippen molar-refractivity contribution in [2.45, 2.75) is 38.3 Å². The molecule has 0 radical (unpaired) electrons. The first-order valence-corrected chi connectivity index (χ1v) is 9.73. The van der Waals surface area contributed by atoms with Gasteiger partial charge in [0.2, 0.25) is 5.91 Å². The van der Waals surface area contributed by atoms with Gasteiger partial charge < -0.3 is 10.2 Å². The van der Waals surface area contributed by atoms with Gasteiger partial charge in [0.05, 0.1) is 18.0 Å². The van der Waals surface area contributed by atoms with E-state index in [2.05, 4.69) is 16.2 Å². The highest BCUT2D eigenvalue weighted by molar-refractivity contribution is 5.95. The molecule has 2 aromatic rings. The molecule has 3 unspecified atom stereocenters. The summed E-state index contributed by atoms with van der Waals surface area (Å²) in [4.78, 5) is 31.6. The third kappa shape index (κ3) is 3.73. The van der Waals surface area contributed by atoms with E-state index < -0.39 is 11.7 Å². The molecule has 1 N–H and O–H groups in total. The summed E-state index contributed by atoms with van der Waals surface area (Å²) >= 11 is 0. The average Bonchev–Trinajstić information content (AvgIpc) is 3.30. The van der Waals surface area contributed by atoms with Crippen LogP contribution >= 0.6 is 0 Å². The Balaban J connectivity index is 1.44. The maximum absolute atomic E-state index is 14.2. The van der Waals surface area contributed by atoms with Crippen molar-refractivity contribution in [3.63, 3.8) is 0 Å². The first kappa shape index (κ1) is 19.1. The molecule has 1 aliphatic carbocycles. The Morgan fingerprint density at radius 2 is 2.17 bits per heavy atom. The minimum atomic E-state index is -0.638. The fraction of sp³-hybridized carbons (Fsp3) is 0.348. The summed E-state index contributed by atoms with van der Waals surface area (Å²) in [5.74, 6) is 1.64. The molecule has 2 bridgehead atoms. The molecule has 2 aliphatic rings. The molecule has 1 saturated carbocycles. The zero-order valence-corrected chi connectivity index (χ0v) is 16.2. The number of nitrogens with zero attached hydrogens (tertiary/aromatic N) is 2. The number of fused-ring (bicyclic) bond motifs is 2. The summed E-state index contributed by atoms with van der Waals surface area (Å²) in [5, 5.41) is 2.93. The number of benzene rings is 1. The van der Waals surface area contributed by atoms with E-state index in [4.69, 9.17) is 6.42 Å². The zero-order chi connectivity index (χ0) is 20.5. The summed E-state index contributed by atoms with van der Waals surface area (Å²) in [6, 6.07) is 7.65. The molecule has 2 amide bonds. The van der Waals surface area contributed by atoms with Gasteiger partial charge in [-0.1, -0.05) is 12.0 Å². The van der Waals surface area contributed by atoms with Gasteiger partial charge in [0.1, 0.15) is 5.82 Å². The van der Waals surface area contributed by atoms with Gasteiger partial charge in [-0.2, -0.15) is 0 Å². The lowest BCUT2D eigenvalue weighted by Crippen LogP contribution is -2.52. The molecule has 1 aliphatic heterocycles. The maximum atomic E-state index is 14.2. The molecule has 148 valence electrons. The highest BCUT2D eigenvalue weighted by Crippen LogP contribution is 2.38. The van der Waals surface area contributed by atoms with Crippen LogP contribution in [0.4, 0.5) is 4.39 Å². The van der Waals surface area contributed by atoms with Crippen LogP contribution in [0.2, 0.25) is 0 Å². The van der Waals surface area contributed by atoms with Gasteiger partial charge in [0.25, 0.3) is 5.91 Å². The Kier molecular flexibility index (Phi) is 5.06. The van der Waals surface area contributed by atoms with Crippen LogP contribution in [-0.4, -0.2) is 40.3 Å². The van der Waals surface area contributed by atoms with Gasteiger partial charge in [-0.15, -0.1) is 6.42 Å². The number of nitrogens with one attached hydrogen (secondary N) is 1. The minimum absolute atomic E-state index is 0.0318. The van der Waals surface area contributed by atoms with Crippen LogP contribution in [0.25, 0.3) is 0 Å². The number of piperidine rings is 1. The van der Waals surface area contributed by atoms with E-state index in [0.717, 1.165) is 24.1 Å². The summed E-state index contributed by atoms with van der Waals surface area (Å²) in [5.41, 5.74) is 2.12. The fourth-order valence-corrected chi connectivity index (χ4v) is 4.47. The highest BCUT2D eigenvalue weighted by Gasteiger charge is 2.47. The molecule has 4 rings (SSSR count). The second-order valence-electron chi connectivity index (χ2n) is 7.79. The van der Waals surface area contributed by atoms with E-state index in [-0.39, 0.29) is 23.6 Å². The van der Waals surface area contributed by atoms with E-state index >= 15 is 0 Å². The summed E-state index contributed by atoms with van der Waals surface area (Å²) in [7, 11) is 0. The Labute approximate surface area is 169 Å². The van der Waals surface area contributed by atoms with Crippen molar-refractivity contribution in [1.29, 1.82) is 0 Å². The van der Waals surface area contributed by atoms with Crippen LogP contribution < -0.4 is 5.32 Å². The lowest BCUT2D eigenvalue weighted by Gasteiger charge is -2.34. The number of hydrogen-bond donors (Lipinski definition) is 1. The smallest absolute Gasteiger partial charge is 0.254 e. The number of aryl methyl sites for hydroxylation is 1. The maximum Gasteiger partial charge on any atom is 0.254 e. The van der Waals surface area contributed by atoms with E-state index in [0.29, 0.717) is 24.4 Å². The van der Waals surface area contributed by atoms with Crippen LogP contribution in [0.5, 0.6) is 0 Å². The predicted octanol–water partition coefficient (Wildman–Crippen LogP) is 2.47. The van der Waals surface area contributed by atoms with Crippen molar-refractivity contribution in [2.24, 2.45) is 5.92 Å². The molecule has 2 heterocycles. The molecule has 1 saturated heterocycles. The second-order valence-corrected chi connectivity index (χ2v) is 7.79. The SMILES string of the molecule is C#Cc1ccc(C(=O)NC2CC3CC2N(C(=O)Cc2cccnc2C)C3)c(F)c1. The molecule has 3 atom stereocenters. The van der Waals surface area contributed by atoms with Crippen molar-refractivity contribution in [1.82, 2.24) is 15.2 Å². The van der Waals surface area contributed by atoms with Crippen LogP contribution in [0.15, 0.2) is 36.5 Å². The number of amides is 2. The van der Waals surface area contributed by atoms with Gasteiger partial charge >= 0.3 is 0 Å². The summed E-state index contributed by atoms with van der Waals surface area (Å²) < 4.78 is 14.2. The van der Waals surface area contributed by atoms with Gasteiger partial charge in [-0.25, -0.2) is 4.39 Å². The number of halogens is 1. The third-order valence-corrected chi connectivity index (χ3v) is 5.96. The Morgan fingerprint density at radius 1 is 1.34 bits per heavy atom. The largest absolute Gasteiger partial charge is 0.347 e. The van der Waals surface area contributed by atoms with Crippen LogP contribution in [0.3, 0.4) is 0 Å². The molecule has 5 nitrogen and oxygen atoms in total. The predicted molar refractivity (Wildman–Crippen MR) is 106 cm³/mol. The zero-order valence-electron chi connectivity index (χ0n) is 16.2. The van der Waals surface area contributed by atoms with Crippen LogP contribution in [0.1, 0.15) is 40.0 Å². The number of pyridine rings is 1. The summed E-state index contributed by atoms with van der Waals surface area (Å²) in [6.07, 6.45) is 8.94. The lowest BCUT2D eigenvalue weighted by atomic mass is 10.0. The number of hydrogen-bond acceptors (Lipinski definition) is 3. The van der Waals surface area contributed by atoms with Gasteiger partial charge in [0, 0.05) is 30.0 Å². The Hall–Kier alpha value is -3.20. The van der Waals surface area contributed by atoms with E-state index in [1.807, 2.05) is 24.0 Å². The lowest BCUT2D eigenvalue weighted by molar-refractivity contribution is -0.132. The molecule has 1 aromatic heterocycles. The number of likely N-dealkylation sites (tertiary alicyclic amines) is 1. The number of aromatic nitrogens is 1. The summed E-state index contributed by atoms with van der Waals surface area (Å²) in [6.45, 7) is 2.60.